The quantitative estimate of drug-likeness (QED) is 0.890. The normalized spacial score (nSPS) is 23.0. The van der Waals surface area contributed by atoms with Gasteiger partial charge in [-0.25, -0.2) is 0 Å². The molecular formula is C14H26N4. The van der Waals surface area contributed by atoms with Gasteiger partial charge in [0.25, 0.3) is 0 Å². The molecule has 0 radical (unpaired) electrons. The fourth-order valence-electron chi connectivity index (χ4n) is 2.89. The molecule has 2 unspecified atom stereocenters. The number of likely N-dealkylation sites (tertiary alicyclic amines) is 1. The number of aryl methyl sites for hydroxylation is 2. The van der Waals surface area contributed by atoms with Crippen LogP contribution in [0.25, 0.3) is 0 Å². The largest absolute Gasteiger partial charge is 0.380 e. The molecule has 1 N–H and O–H groups in total. The van der Waals surface area contributed by atoms with Gasteiger partial charge in [0.2, 0.25) is 0 Å². The average Bonchev–Trinajstić information content (AvgIpc) is 2.68. The summed E-state index contributed by atoms with van der Waals surface area (Å²) in [7, 11) is 1.97. The minimum atomic E-state index is 0.516. The van der Waals surface area contributed by atoms with E-state index >= 15 is 0 Å². The highest BCUT2D eigenvalue weighted by molar-refractivity contribution is 5.46. The first-order valence-electron chi connectivity index (χ1n) is 7.09. The lowest BCUT2D eigenvalue weighted by molar-refractivity contribution is 0.172. The Morgan fingerprint density at radius 2 is 2.33 bits per heavy atom. The molecule has 1 fully saturated rings. The number of piperidine rings is 1. The van der Waals surface area contributed by atoms with E-state index in [0.29, 0.717) is 6.04 Å². The number of hydrogen-bond acceptors (Lipinski definition) is 3. The molecule has 4 nitrogen and oxygen atoms in total. The van der Waals surface area contributed by atoms with Gasteiger partial charge < -0.3 is 10.2 Å². The van der Waals surface area contributed by atoms with Crippen LogP contribution in [0, 0.1) is 12.8 Å². The van der Waals surface area contributed by atoms with Crippen LogP contribution in [0.5, 0.6) is 0 Å². The van der Waals surface area contributed by atoms with Crippen molar-refractivity contribution < 1.29 is 0 Å². The van der Waals surface area contributed by atoms with E-state index in [0.717, 1.165) is 11.6 Å². The van der Waals surface area contributed by atoms with Crippen LogP contribution in [0.1, 0.15) is 32.4 Å². The van der Waals surface area contributed by atoms with Crippen LogP contribution in [0.2, 0.25) is 0 Å². The van der Waals surface area contributed by atoms with Crippen molar-refractivity contribution in [2.24, 2.45) is 13.0 Å². The lowest BCUT2D eigenvalue weighted by atomic mass is 9.91. The van der Waals surface area contributed by atoms with E-state index in [1.54, 1.807) is 0 Å². The van der Waals surface area contributed by atoms with Gasteiger partial charge in [0.05, 0.1) is 11.4 Å². The van der Waals surface area contributed by atoms with E-state index < -0.39 is 0 Å². The number of nitrogens with one attached hydrogen (secondary N) is 1. The maximum atomic E-state index is 4.38. The predicted molar refractivity (Wildman–Crippen MR) is 75.9 cm³/mol. The molecule has 2 rings (SSSR count). The zero-order valence-corrected chi connectivity index (χ0v) is 12.1. The monoisotopic (exact) mass is 250 g/mol. The molecule has 0 amide bonds. The van der Waals surface area contributed by atoms with Gasteiger partial charge in [-0.1, -0.05) is 6.92 Å². The highest BCUT2D eigenvalue weighted by Gasteiger charge is 2.24. The van der Waals surface area contributed by atoms with Gasteiger partial charge in [-0.3, -0.25) is 4.68 Å². The number of aromatic nitrogens is 2. The summed E-state index contributed by atoms with van der Waals surface area (Å²) in [6, 6.07) is 0.516. The third-order valence-electron chi connectivity index (χ3n) is 4.09. The second kappa shape index (κ2) is 5.74. The summed E-state index contributed by atoms with van der Waals surface area (Å²) < 4.78 is 1.88. The predicted octanol–water partition coefficient (Wildman–Crippen LogP) is 2.26. The molecule has 1 aliphatic heterocycles. The van der Waals surface area contributed by atoms with E-state index in [-0.39, 0.29) is 0 Å². The van der Waals surface area contributed by atoms with E-state index in [1.165, 1.54) is 38.2 Å². The maximum absolute atomic E-state index is 4.38. The van der Waals surface area contributed by atoms with Crippen molar-refractivity contribution in [3.8, 4) is 0 Å². The van der Waals surface area contributed by atoms with Crippen LogP contribution in [-0.4, -0.2) is 40.4 Å². The van der Waals surface area contributed by atoms with Gasteiger partial charge >= 0.3 is 0 Å². The average molecular weight is 250 g/mol. The Balaban J connectivity index is 1.95. The van der Waals surface area contributed by atoms with Gasteiger partial charge in [-0.2, -0.15) is 5.10 Å². The third-order valence-corrected chi connectivity index (χ3v) is 4.09. The van der Waals surface area contributed by atoms with Gasteiger partial charge in [-0.15, -0.1) is 0 Å². The molecule has 1 aromatic heterocycles. The van der Waals surface area contributed by atoms with Crippen LogP contribution >= 0.6 is 0 Å². The Morgan fingerprint density at radius 3 is 2.94 bits per heavy atom. The Hall–Kier alpha value is -1.03. The smallest absolute Gasteiger partial charge is 0.0825 e. The zero-order chi connectivity index (χ0) is 13.1. The van der Waals surface area contributed by atoms with Crippen molar-refractivity contribution >= 4 is 5.69 Å². The first-order valence-corrected chi connectivity index (χ1v) is 7.09. The highest BCUT2D eigenvalue weighted by atomic mass is 15.3. The summed E-state index contributed by atoms with van der Waals surface area (Å²) >= 11 is 0. The highest BCUT2D eigenvalue weighted by Crippen LogP contribution is 2.23. The standard InChI is InChI=1S/C14H26N4/c1-5-18-8-6-7-13(9-18)11(2)15-14-10-17(4)16-12(14)3/h10-11,13,15H,5-9H2,1-4H3. The molecule has 0 aliphatic carbocycles. The lowest BCUT2D eigenvalue weighted by Crippen LogP contribution is -2.41. The molecule has 18 heavy (non-hydrogen) atoms. The second-order valence-corrected chi connectivity index (χ2v) is 5.53. The first-order chi connectivity index (χ1) is 8.60. The van der Waals surface area contributed by atoms with Crippen LogP contribution in [0.3, 0.4) is 0 Å². The van der Waals surface area contributed by atoms with E-state index in [9.17, 15) is 0 Å². The Kier molecular flexibility index (Phi) is 4.27. The second-order valence-electron chi connectivity index (χ2n) is 5.53. The van der Waals surface area contributed by atoms with Crippen molar-refractivity contribution in [2.45, 2.75) is 39.7 Å². The Morgan fingerprint density at radius 1 is 1.56 bits per heavy atom. The molecule has 0 spiro atoms. The minimum absolute atomic E-state index is 0.516. The van der Waals surface area contributed by atoms with E-state index in [4.69, 9.17) is 0 Å². The fourth-order valence-corrected chi connectivity index (χ4v) is 2.89. The molecule has 0 saturated carbocycles. The van der Waals surface area contributed by atoms with Crippen LogP contribution in [0.15, 0.2) is 6.20 Å². The third kappa shape index (κ3) is 3.05. The zero-order valence-electron chi connectivity index (χ0n) is 12.1. The summed E-state index contributed by atoms with van der Waals surface area (Å²) in [5.74, 6) is 0.748. The number of anilines is 1. The number of rotatable bonds is 4. The van der Waals surface area contributed by atoms with Gasteiger partial charge in [0.1, 0.15) is 0 Å². The van der Waals surface area contributed by atoms with Crippen molar-refractivity contribution in [1.29, 1.82) is 0 Å². The summed E-state index contributed by atoms with van der Waals surface area (Å²) in [6.45, 7) is 10.3. The summed E-state index contributed by atoms with van der Waals surface area (Å²) in [5, 5.41) is 8.02. The molecule has 2 heterocycles. The van der Waals surface area contributed by atoms with Gasteiger partial charge in [0, 0.05) is 25.8 Å². The lowest BCUT2D eigenvalue weighted by Gasteiger charge is -2.35. The van der Waals surface area contributed by atoms with Crippen molar-refractivity contribution in [2.75, 3.05) is 25.0 Å². The minimum Gasteiger partial charge on any atom is -0.380 e. The molecule has 1 saturated heterocycles. The first kappa shape index (κ1) is 13.4. The topological polar surface area (TPSA) is 33.1 Å². The van der Waals surface area contributed by atoms with E-state index in [2.05, 4.69) is 42.3 Å². The number of hydrogen-bond donors (Lipinski definition) is 1. The molecule has 0 aromatic carbocycles. The fraction of sp³-hybridized carbons (Fsp3) is 0.786. The van der Waals surface area contributed by atoms with Crippen molar-refractivity contribution in [3.05, 3.63) is 11.9 Å². The number of nitrogens with zero attached hydrogens (tertiary/aromatic N) is 3. The van der Waals surface area contributed by atoms with E-state index in [1.807, 2.05) is 11.7 Å². The van der Waals surface area contributed by atoms with Crippen LogP contribution in [-0.2, 0) is 7.05 Å². The van der Waals surface area contributed by atoms with Gasteiger partial charge in [-0.05, 0) is 45.7 Å². The molecule has 4 heteroatoms. The summed E-state index contributed by atoms with van der Waals surface area (Å²) in [5.41, 5.74) is 2.27. The van der Waals surface area contributed by atoms with Crippen molar-refractivity contribution in [3.63, 3.8) is 0 Å². The summed E-state index contributed by atoms with van der Waals surface area (Å²) in [6.07, 6.45) is 4.74. The van der Waals surface area contributed by atoms with Crippen LogP contribution in [0.4, 0.5) is 5.69 Å². The molecule has 1 aromatic rings. The molecular weight excluding hydrogens is 224 g/mol. The molecule has 2 atom stereocenters. The van der Waals surface area contributed by atoms with Crippen molar-refractivity contribution in [1.82, 2.24) is 14.7 Å². The Labute approximate surface area is 110 Å². The molecule has 0 bridgehead atoms. The maximum Gasteiger partial charge on any atom is 0.0825 e. The molecule has 1 aliphatic rings. The Bertz CT molecular complexity index is 385. The van der Waals surface area contributed by atoms with Crippen LogP contribution < -0.4 is 5.32 Å². The summed E-state index contributed by atoms with van der Waals surface area (Å²) in [4.78, 5) is 2.56. The van der Waals surface area contributed by atoms with Gasteiger partial charge in [0.15, 0.2) is 0 Å². The SMILES string of the molecule is CCN1CCCC(C(C)Nc2cn(C)nc2C)C1. The molecule has 102 valence electrons.